The summed E-state index contributed by atoms with van der Waals surface area (Å²) in [6, 6.07) is 1.00. The van der Waals surface area contributed by atoms with Gasteiger partial charge in [-0.15, -0.1) is 0 Å². The molecule has 0 aliphatic carbocycles. The van der Waals surface area contributed by atoms with E-state index >= 15 is 0 Å². The van der Waals surface area contributed by atoms with Gasteiger partial charge in [-0.2, -0.15) is 18.3 Å². The molecule has 0 atom stereocenters. The van der Waals surface area contributed by atoms with Gasteiger partial charge in [0.1, 0.15) is 5.52 Å². The monoisotopic (exact) mass is 287 g/mol. The summed E-state index contributed by atoms with van der Waals surface area (Å²) >= 11 is 0. The molecule has 2 aromatic heterocycles. The Labute approximate surface area is 114 Å². The molecule has 2 aromatic rings. The lowest BCUT2D eigenvalue weighted by atomic mass is 10.3. The number of anilines is 1. The topological polar surface area (TPSA) is 45.5 Å². The number of hydrogen-bond donors (Lipinski definition) is 1. The van der Waals surface area contributed by atoms with Gasteiger partial charge in [-0.3, -0.25) is 0 Å². The van der Waals surface area contributed by atoms with Gasteiger partial charge >= 0.3 is 6.18 Å². The zero-order valence-electron chi connectivity index (χ0n) is 11.3. The molecule has 1 N–H and O–H groups in total. The van der Waals surface area contributed by atoms with Crippen molar-refractivity contribution >= 4 is 11.3 Å². The Kier molecular flexibility index (Phi) is 4.12. The molecule has 0 spiro atoms. The van der Waals surface area contributed by atoms with Crippen LogP contribution < -0.4 is 5.32 Å². The number of nitrogens with one attached hydrogen (secondary N) is 1. The lowest BCUT2D eigenvalue weighted by Gasteiger charge is -2.10. The van der Waals surface area contributed by atoms with Crippen molar-refractivity contribution in [2.24, 2.45) is 0 Å². The molecule has 0 aliphatic rings. The van der Waals surface area contributed by atoms with Gasteiger partial charge in [0.05, 0.1) is 0 Å². The van der Waals surface area contributed by atoms with Crippen LogP contribution in [0.5, 0.6) is 0 Å². The molecule has 0 saturated heterocycles. The molecular weight excluding hydrogens is 271 g/mol. The molecule has 2 heterocycles. The normalized spacial score (nSPS) is 12.3. The summed E-state index contributed by atoms with van der Waals surface area (Å²) < 4.78 is 39.1. The van der Waals surface area contributed by atoms with E-state index in [4.69, 9.17) is 0 Å². The molecule has 0 radical (unpaired) electrons. The summed E-state index contributed by atoms with van der Waals surface area (Å²) in [5.41, 5.74) is -0.591. The first kappa shape index (κ1) is 14.6. The van der Waals surface area contributed by atoms with Gasteiger partial charge in [0.2, 0.25) is 0 Å². The van der Waals surface area contributed by atoms with E-state index in [-0.39, 0.29) is 0 Å². The number of rotatable bonds is 5. The maximum atomic E-state index is 12.6. The third-order valence-corrected chi connectivity index (χ3v) is 2.75. The zero-order valence-corrected chi connectivity index (χ0v) is 11.3. The summed E-state index contributed by atoms with van der Waals surface area (Å²) in [7, 11) is 3.93. The standard InChI is InChI=1S/C12H16F3N5/c1-19(2)6-3-4-16-11-9-8-10(12(13,14)15)18-20(9)7-5-17-11/h5,7-8H,3-4,6H2,1-2H3,(H,16,17). The fourth-order valence-corrected chi connectivity index (χ4v) is 1.80. The SMILES string of the molecule is CN(C)CCCNc1nccn2nc(C(F)(F)F)cc12. The van der Waals surface area contributed by atoms with Crippen LogP contribution in [0.25, 0.3) is 5.52 Å². The van der Waals surface area contributed by atoms with Gasteiger partial charge < -0.3 is 10.2 Å². The molecule has 0 bridgehead atoms. The second-order valence-electron chi connectivity index (χ2n) is 4.72. The molecule has 2 rings (SSSR count). The highest BCUT2D eigenvalue weighted by Crippen LogP contribution is 2.29. The molecule has 0 fully saturated rings. The van der Waals surface area contributed by atoms with Crippen LogP contribution >= 0.6 is 0 Å². The largest absolute Gasteiger partial charge is 0.435 e. The van der Waals surface area contributed by atoms with Crippen LogP contribution in [-0.2, 0) is 6.18 Å². The highest BCUT2D eigenvalue weighted by molar-refractivity contribution is 5.67. The third-order valence-electron chi connectivity index (χ3n) is 2.75. The first-order chi connectivity index (χ1) is 9.38. The Balaban J connectivity index is 2.15. The molecule has 0 aromatic carbocycles. The number of alkyl halides is 3. The predicted octanol–water partition coefficient (Wildman–Crippen LogP) is 2.11. The Morgan fingerprint density at radius 3 is 2.75 bits per heavy atom. The number of nitrogens with zero attached hydrogens (tertiary/aromatic N) is 4. The maximum absolute atomic E-state index is 12.6. The van der Waals surface area contributed by atoms with Crippen molar-refractivity contribution in [2.75, 3.05) is 32.5 Å². The van der Waals surface area contributed by atoms with Gasteiger partial charge in [-0.25, -0.2) is 9.50 Å². The van der Waals surface area contributed by atoms with Gasteiger partial charge in [-0.1, -0.05) is 0 Å². The zero-order chi connectivity index (χ0) is 14.8. The van der Waals surface area contributed by atoms with Crippen LogP contribution in [0.15, 0.2) is 18.5 Å². The molecular formula is C12H16F3N5. The van der Waals surface area contributed by atoms with Crippen molar-refractivity contribution in [3.05, 3.63) is 24.2 Å². The molecule has 20 heavy (non-hydrogen) atoms. The van der Waals surface area contributed by atoms with E-state index in [2.05, 4.69) is 15.4 Å². The van der Waals surface area contributed by atoms with Crippen LogP contribution in [0.2, 0.25) is 0 Å². The van der Waals surface area contributed by atoms with Crippen LogP contribution in [0, 0.1) is 0 Å². The summed E-state index contributed by atoms with van der Waals surface area (Å²) in [5.74, 6) is 0.411. The van der Waals surface area contributed by atoms with Crippen molar-refractivity contribution in [2.45, 2.75) is 12.6 Å². The minimum atomic E-state index is -4.45. The van der Waals surface area contributed by atoms with Crippen molar-refractivity contribution in [1.29, 1.82) is 0 Å². The van der Waals surface area contributed by atoms with E-state index in [9.17, 15) is 13.2 Å². The fourth-order valence-electron chi connectivity index (χ4n) is 1.80. The predicted molar refractivity (Wildman–Crippen MR) is 69.6 cm³/mol. The van der Waals surface area contributed by atoms with E-state index in [1.54, 1.807) is 0 Å². The van der Waals surface area contributed by atoms with Crippen molar-refractivity contribution in [1.82, 2.24) is 19.5 Å². The molecule has 0 saturated carbocycles. The third kappa shape index (κ3) is 3.38. The lowest BCUT2D eigenvalue weighted by Crippen LogP contribution is -2.16. The minimum Gasteiger partial charge on any atom is -0.368 e. The van der Waals surface area contributed by atoms with E-state index in [0.717, 1.165) is 19.0 Å². The van der Waals surface area contributed by atoms with Gasteiger partial charge in [-0.05, 0) is 27.1 Å². The number of halogens is 3. The van der Waals surface area contributed by atoms with E-state index in [1.165, 1.54) is 16.9 Å². The molecule has 0 amide bonds. The van der Waals surface area contributed by atoms with Crippen molar-refractivity contribution in [3.8, 4) is 0 Å². The van der Waals surface area contributed by atoms with Crippen LogP contribution in [0.1, 0.15) is 12.1 Å². The first-order valence-corrected chi connectivity index (χ1v) is 6.18. The quantitative estimate of drug-likeness (QED) is 0.856. The Hall–Kier alpha value is -1.83. The first-order valence-electron chi connectivity index (χ1n) is 6.18. The van der Waals surface area contributed by atoms with Crippen LogP contribution in [0.3, 0.4) is 0 Å². The summed E-state index contributed by atoms with van der Waals surface area (Å²) in [4.78, 5) is 6.10. The van der Waals surface area contributed by atoms with Gasteiger partial charge in [0.25, 0.3) is 0 Å². The maximum Gasteiger partial charge on any atom is 0.435 e. The van der Waals surface area contributed by atoms with Gasteiger partial charge in [0, 0.05) is 25.0 Å². The minimum absolute atomic E-state index is 0.324. The Morgan fingerprint density at radius 1 is 1.35 bits per heavy atom. The second-order valence-corrected chi connectivity index (χ2v) is 4.72. The average molecular weight is 287 g/mol. The molecule has 8 heteroatoms. The Bertz CT molecular complexity index is 576. The fraction of sp³-hybridized carbons (Fsp3) is 0.500. The van der Waals surface area contributed by atoms with Crippen LogP contribution in [-0.4, -0.2) is 46.7 Å². The highest BCUT2D eigenvalue weighted by atomic mass is 19.4. The number of aromatic nitrogens is 3. The average Bonchev–Trinajstić information content (AvgIpc) is 2.78. The highest BCUT2D eigenvalue weighted by Gasteiger charge is 2.34. The van der Waals surface area contributed by atoms with Crippen molar-refractivity contribution in [3.63, 3.8) is 0 Å². The number of hydrogen-bond acceptors (Lipinski definition) is 4. The molecule has 0 unspecified atom stereocenters. The van der Waals surface area contributed by atoms with Gasteiger partial charge in [0.15, 0.2) is 11.5 Å². The lowest BCUT2D eigenvalue weighted by molar-refractivity contribution is -0.141. The van der Waals surface area contributed by atoms with E-state index < -0.39 is 11.9 Å². The summed E-state index contributed by atoms with van der Waals surface area (Å²) in [6.45, 7) is 1.53. The summed E-state index contributed by atoms with van der Waals surface area (Å²) in [6.07, 6.45) is -0.756. The molecule has 110 valence electrons. The Morgan fingerprint density at radius 2 is 2.10 bits per heavy atom. The van der Waals surface area contributed by atoms with E-state index in [0.29, 0.717) is 17.9 Å². The molecule has 5 nitrogen and oxygen atoms in total. The molecule has 0 aliphatic heterocycles. The van der Waals surface area contributed by atoms with Crippen molar-refractivity contribution < 1.29 is 13.2 Å². The second kappa shape index (κ2) is 5.66. The number of fused-ring (bicyclic) bond motifs is 1. The smallest absolute Gasteiger partial charge is 0.368 e. The van der Waals surface area contributed by atoms with E-state index in [1.807, 2.05) is 19.0 Å². The van der Waals surface area contributed by atoms with Crippen LogP contribution in [0.4, 0.5) is 19.0 Å². The summed E-state index contributed by atoms with van der Waals surface area (Å²) in [5, 5.41) is 6.55.